The van der Waals surface area contributed by atoms with Crippen LogP contribution in [0.5, 0.6) is 5.75 Å². The first-order valence-corrected chi connectivity index (χ1v) is 6.67. The van der Waals surface area contributed by atoms with Crippen molar-refractivity contribution in [3.05, 3.63) is 42.5 Å². The number of rotatable bonds is 7. The van der Waals surface area contributed by atoms with Crippen molar-refractivity contribution in [3.8, 4) is 5.75 Å². The van der Waals surface area contributed by atoms with Gasteiger partial charge in [0.05, 0.1) is 0 Å². The summed E-state index contributed by atoms with van der Waals surface area (Å²) in [7, 11) is 1.79. The zero-order valence-electron chi connectivity index (χ0n) is 12.6. The molecule has 0 bridgehead atoms. The van der Waals surface area contributed by atoms with Crippen LogP contribution in [0.1, 0.15) is 25.8 Å². The van der Waals surface area contributed by atoms with E-state index in [9.17, 15) is 4.79 Å². The van der Waals surface area contributed by atoms with Gasteiger partial charge in [-0.25, -0.2) is 0 Å². The number of carbonyl (C=O) groups excluding carboxylic acids is 1. The molecule has 0 unspecified atom stereocenters. The van der Waals surface area contributed by atoms with E-state index in [1.54, 1.807) is 18.0 Å². The second kappa shape index (κ2) is 7.10. The molecule has 1 aromatic carbocycles. The predicted molar refractivity (Wildman–Crippen MR) is 81.5 cm³/mol. The number of nitrogens with zero attached hydrogens (tertiary/aromatic N) is 1. The molecule has 0 saturated carbocycles. The maximum absolute atomic E-state index is 12.0. The monoisotopic (exact) mass is 276 g/mol. The fourth-order valence-corrected chi connectivity index (χ4v) is 1.73. The van der Waals surface area contributed by atoms with Crippen LogP contribution in [0.15, 0.2) is 36.9 Å². The lowest BCUT2D eigenvalue weighted by atomic mass is 10.0. The van der Waals surface area contributed by atoms with Crippen molar-refractivity contribution < 1.29 is 9.53 Å². The van der Waals surface area contributed by atoms with E-state index < -0.39 is 5.54 Å². The third kappa shape index (κ3) is 5.89. The first kappa shape index (κ1) is 16.2. The molecule has 0 aliphatic carbocycles. The van der Waals surface area contributed by atoms with Gasteiger partial charge in [0.1, 0.15) is 12.4 Å². The molecule has 1 aromatic rings. The second-order valence-electron chi connectivity index (χ2n) is 5.66. The molecule has 0 spiro atoms. The average molecular weight is 276 g/mol. The minimum Gasteiger partial charge on any atom is -0.490 e. The van der Waals surface area contributed by atoms with Gasteiger partial charge in [0.15, 0.2) is 0 Å². The lowest BCUT2D eigenvalue weighted by Crippen LogP contribution is -2.39. The molecule has 20 heavy (non-hydrogen) atoms. The Hall–Kier alpha value is -1.81. The van der Waals surface area contributed by atoms with E-state index in [0.717, 1.165) is 11.3 Å². The molecule has 4 nitrogen and oxygen atoms in total. The van der Waals surface area contributed by atoms with Crippen molar-refractivity contribution >= 4 is 5.91 Å². The van der Waals surface area contributed by atoms with Crippen molar-refractivity contribution in [2.75, 3.05) is 13.7 Å². The highest BCUT2D eigenvalue weighted by Crippen LogP contribution is 2.14. The van der Waals surface area contributed by atoms with E-state index in [0.29, 0.717) is 19.6 Å². The van der Waals surface area contributed by atoms with Crippen LogP contribution < -0.4 is 10.5 Å². The Labute approximate surface area is 121 Å². The first-order valence-electron chi connectivity index (χ1n) is 6.67. The maximum atomic E-state index is 12.0. The number of hydrogen-bond donors (Lipinski definition) is 1. The van der Waals surface area contributed by atoms with Crippen molar-refractivity contribution in [1.29, 1.82) is 0 Å². The Bertz CT molecular complexity index is 447. The zero-order chi connectivity index (χ0) is 15.2. The van der Waals surface area contributed by atoms with Gasteiger partial charge in [0, 0.05) is 25.6 Å². The summed E-state index contributed by atoms with van der Waals surface area (Å²) in [4.78, 5) is 13.7. The SMILES string of the molecule is C=CCOc1ccc(CN(C)C(=O)CC(C)(C)N)cc1. The maximum Gasteiger partial charge on any atom is 0.224 e. The molecule has 0 aromatic heterocycles. The lowest BCUT2D eigenvalue weighted by Gasteiger charge is -2.23. The quantitative estimate of drug-likeness (QED) is 0.778. The molecule has 0 fully saturated rings. The fourth-order valence-electron chi connectivity index (χ4n) is 1.73. The van der Waals surface area contributed by atoms with E-state index >= 15 is 0 Å². The molecule has 2 N–H and O–H groups in total. The van der Waals surface area contributed by atoms with Crippen molar-refractivity contribution in [1.82, 2.24) is 4.90 Å². The van der Waals surface area contributed by atoms with Crippen molar-refractivity contribution in [3.63, 3.8) is 0 Å². The van der Waals surface area contributed by atoms with E-state index in [1.807, 2.05) is 38.1 Å². The summed E-state index contributed by atoms with van der Waals surface area (Å²) in [6.07, 6.45) is 2.04. The Morgan fingerprint density at radius 1 is 1.40 bits per heavy atom. The molecule has 0 heterocycles. The normalized spacial score (nSPS) is 11.0. The molecular weight excluding hydrogens is 252 g/mol. The number of hydrogen-bond acceptors (Lipinski definition) is 3. The molecule has 0 radical (unpaired) electrons. The summed E-state index contributed by atoms with van der Waals surface area (Å²) in [5.41, 5.74) is 6.44. The molecule has 110 valence electrons. The Balaban J connectivity index is 2.55. The number of benzene rings is 1. The molecule has 0 saturated heterocycles. The summed E-state index contributed by atoms with van der Waals surface area (Å²) in [5.74, 6) is 0.843. The number of nitrogens with two attached hydrogens (primary N) is 1. The number of ether oxygens (including phenoxy) is 1. The minimum absolute atomic E-state index is 0.0458. The average Bonchev–Trinajstić information content (AvgIpc) is 2.36. The van der Waals surface area contributed by atoms with Crippen LogP contribution >= 0.6 is 0 Å². The van der Waals surface area contributed by atoms with Gasteiger partial charge in [-0.2, -0.15) is 0 Å². The summed E-state index contributed by atoms with van der Waals surface area (Å²) in [6, 6.07) is 7.69. The highest BCUT2D eigenvalue weighted by atomic mass is 16.5. The predicted octanol–water partition coefficient (Wildman–Crippen LogP) is 2.34. The van der Waals surface area contributed by atoms with Crippen molar-refractivity contribution in [2.45, 2.75) is 32.4 Å². The van der Waals surface area contributed by atoms with Crippen LogP contribution in [-0.2, 0) is 11.3 Å². The van der Waals surface area contributed by atoms with E-state index in [1.165, 1.54) is 0 Å². The van der Waals surface area contributed by atoms with Gasteiger partial charge in [-0.1, -0.05) is 24.8 Å². The molecule has 4 heteroatoms. The summed E-state index contributed by atoms with van der Waals surface area (Å²) in [5, 5.41) is 0. The third-order valence-electron chi connectivity index (χ3n) is 2.74. The van der Waals surface area contributed by atoms with Crippen LogP contribution in [0.25, 0.3) is 0 Å². The lowest BCUT2D eigenvalue weighted by molar-refractivity contribution is -0.131. The van der Waals surface area contributed by atoms with E-state index in [2.05, 4.69) is 6.58 Å². The Morgan fingerprint density at radius 3 is 2.50 bits per heavy atom. The largest absolute Gasteiger partial charge is 0.490 e. The fraction of sp³-hybridized carbons (Fsp3) is 0.438. The van der Waals surface area contributed by atoms with Gasteiger partial charge in [-0.05, 0) is 31.5 Å². The van der Waals surface area contributed by atoms with Gasteiger partial charge in [-0.15, -0.1) is 0 Å². The highest BCUT2D eigenvalue weighted by molar-refractivity contribution is 5.77. The topological polar surface area (TPSA) is 55.6 Å². The minimum atomic E-state index is -0.478. The van der Waals surface area contributed by atoms with Crippen LogP contribution in [-0.4, -0.2) is 30.0 Å². The molecule has 0 atom stereocenters. The van der Waals surface area contributed by atoms with E-state index in [4.69, 9.17) is 10.5 Å². The van der Waals surface area contributed by atoms with Crippen molar-refractivity contribution in [2.24, 2.45) is 5.73 Å². The first-order chi connectivity index (χ1) is 9.31. The summed E-state index contributed by atoms with van der Waals surface area (Å²) >= 11 is 0. The van der Waals surface area contributed by atoms with E-state index in [-0.39, 0.29) is 5.91 Å². The molecular formula is C16H24N2O2. The molecule has 1 amide bonds. The molecule has 1 rings (SSSR count). The van der Waals surface area contributed by atoms with Gasteiger partial charge in [0.2, 0.25) is 5.91 Å². The van der Waals surface area contributed by atoms with Crippen LogP contribution in [0.3, 0.4) is 0 Å². The van der Waals surface area contributed by atoms with Gasteiger partial charge in [0.25, 0.3) is 0 Å². The Kier molecular flexibility index (Phi) is 5.77. The number of amides is 1. The van der Waals surface area contributed by atoms with Crippen LogP contribution in [0.2, 0.25) is 0 Å². The van der Waals surface area contributed by atoms with Gasteiger partial charge >= 0.3 is 0 Å². The number of carbonyl (C=O) groups is 1. The highest BCUT2D eigenvalue weighted by Gasteiger charge is 2.19. The van der Waals surface area contributed by atoms with Crippen LogP contribution in [0.4, 0.5) is 0 Å². The smallest absolute Gasteiger partial charge is 0.224 e. The van der Waals surface area contributed by atoms with Gasteiger partial charge < -0.3 is 15.4 Å². The molecule has 0 aliphatic rings. The second-order valence-corrected chi connectivity index (χ2v) is 5.66. The summed E-state index contributed by atoms with van der Waals surface area (Å²) < 4.78 is 5.41. The third-order valence-corrected chi connectivity index (χ3v) is 2.74. The van der Waals surface area contributed by atoms with Gasteiger partial charge in [-0.3, -0.25) is 4.79 Å². The van der Waals surface area contributed by atoms with Crippen LogP contribution in [0, 0.1) is 0 Å². The summed E-state index contributed by atoms with van der Waals surface area (Å²) in [6.45, 7) is 8.36. The molecule has 0 aliphatic heterocycles. The Morgan fingerprint density at radius 2 is 2.00 bits per heavy atom. The standard InChI is InChI=1S/C16H24N2O2/c1-5-10-20-14-8-6-13(7-9-14)12-18(4)15(19)11-16(2,3)17/h5-9H,1,10-12,17H2,2-4H3. The zero-order valence-corrected chi connectivity index (χ0v) is 12.6.